The normalized spacial score (nSPS) is 23.1. The molecule has 2 rings (SSSR count). The molecule has 1 heterocycles. The summed E-state index contributed by atoms with van der Waals surface area (Å²) in [6.07, 6.45) is 2.17. The minimum absolute atomic E-state index is 0.0620. The zero-order chi connectivity index (χ0) is 16.9. The SMILES string of the molecule is Cc1cccc(CS(=O)(=O)NCCCN2C[C@@H](C)C[C@H](C)C2)c1. The lowest BCUT2D eigenvalue weighted by Gasteiger charge is -2.34. The van der Waals surface area contributed by atoms with Crippen LogP contribution in [0, 0.1) is 18.8 Å². The highest BCUT2D eigenvalue weighted by molar-refractivity contribution is 7.88. The summed E-state index contributed by atoms with van der Waals surface area (Å²) in [5.41, 5.74) is 1.93. The van der Waals surface area contributed by atoms with Crippen LogP contribution in [0.25, 0.3) is 0 Å². The Morgan fingerprint density at radius 1 is 1.22 bits per heavy atom. The Balaban J connectivity index is 1.72. The molecule has 23 heavy (non-hydrogen) atoms. The highest BCUT2D eigenvalue weighted by atomic mass is 32.2. The van der Waals surface area contributed by atoms with Crippen LogP contribution >= 0.6 is 0 Å². The fourth-order valence-electron chi connectivity index (χ4n) is 3.58. The maximum Gasteiger partial charge on any atom is 0.215 e. The Bertz CT molecular complexity index is 591. The van der Waals surface area contributed by atoms with E-state index >= 15 is 0 Å². The fourth-order valence-corrected chi connectivity index (χ4v) is 4.75. The molecule has 1 N–H and O–H groups in total. The predicted octanol–water partition coefficient (Wildman–Crippen LogP) is 2.78. The van der Waals surface area contributed by atoms with Crippen molar-refractivity contribution >= 4 is 10.0 Å². The molecule has 1 aliphatic rings. The second-order valence-electron chi connectivity index (χ2n) is 7.20. The quantitative estimate of drug-likeness (QED) is 0.778. The topological polar surface area (TPSA) is 49.4 Å². The van der Waals surface area contributed by atoms with Crippen LogP contribution in [0.1, 0.15) is 37.8 Å². The van der Waals surface area contributed by atoms with E-state index in [9.17, 15) is 8.42 Å². The van der Waals surface area contributed by atoms with Gasteiger partial charge >= 0.3 is 0 Å². The molecule has 1 aromatic rings. The van der Waals surface area contributed by atoms with Crippen LogP contribution in [-0.4, -0.2) is 39.5 Å². The van der Waals surface area contributed by atoms with Crippen LogP contribution in [0.2, 0.25) is 0 Å². The van der Waals surface area contributed by atoms with E-state index in [4.69, 9.17) is 0 Å². The molecule has 2 atom stereocenters. The minimum atomic E-state index is -3.24. The third kappa shape index (κ3) is 6.61. The number of sulfonamides is 1. The largest absolute Gasteiger partial charge is 0.303 e. The van der Waals surface area contributed by atoms with Crippen molar-refractivity contribution in [2.45, 2.75) is 39.4 Å². The lowest BCUT2D eigenvalue weighted by molar-refractivity contribution is 0.140. The van der Waals surface area contributed by atoms with E-state index in [2.05, 4.69) is 23.5 Å². The second-order valence-corrected chi connectivity index (χ2v) is 9.01. The lowest BCUT2D eigenvalue weighted by atomic mass is 9.92. The number of piperidine rings is 1. The molecule has 1 aliphatic heterocycles. The van der Waals surface area contributed by atoms with Gasteiger partial charge < -0.3 is 4.90 Å². The van der Waals surface area contributed by atoms with Crippen molar-refractivity contribution in [1.82, 2.24) is 9.62 Å². The Morgan fingerprint density at radius 3 is 2.57 bits per heavy atom. The third-order valence-corrected chi connectivity index (χ3v) is 5.71. The van der Waals surface area contributed by atoms with Gasteiger partial charge in [-0.3, -0.25) is 0 Å². The molecule has 5 heteroatoms. The van der Waals surface area contributed by atoms with Crippen LogP contribution in [0.15, 0.2) is 24.3 Å². The van der Waals surface area contributed by atoms with Gasteiger partial charge in [-0.1, -0.05) is 43.7 Å². The highest BCUT2D eigenvalue weighted by Crippen LogP contribution is 2.20. The van der Waals surface area contributed by atoms with Crippen LogP contribution in [-0.2, 0) is 15.8 Å². The van der Waals surface area contributed by atoms with Crippen LogP contribution in [0.4, 0.5) is 0 Å². The average molecular weight is 339 g/mol. The molecule has 130 valence electrons. The van der Waals surface area contributed by atoms with Crippen molar-refractivity contribution in [3.8, 4) is 0 Å². The molecular formula is C18H30N2O2S. The fraction of sp³-hybridized carbons (Fsp3) is 0.667. The van der Waals surface area contributed by atoms with Gasteiger partial charge in [-0.05, 0) is 43.7 Å². The van der Waals surface area contributed by atoms with Crippen LogP contribution < -0.4 is 4.72 Å². The van der Waals surface area contributed by atoms with Crippen molar-refractivity contribution in [1.29, 1.82) is 0 Å². The Morgan fingerprint density at radius 2 is 1.91 bits per heavy atom. The molecule has 0 unspecified atom stereocenters. The summed E-state index contributed by atoms with van der Waals surface area (Å²) in [6.45, 7) is 10.3. The van der Waals surface area contributed by atoms with E-state index in [0.29, 0.717) is 6.54 Å². The highest BCUT2D eigenvalue weighted by Gasteiger charge is 2.21. The monoisotopic (exact) mass is 338 g/mol. The lowest BCUT2D eigenvalue weighted by Crippen LogP contribution is -2.40. The number of aryl methyl sites for hydroxylation is 1. The molecule has 1 aromatic carbocycles. The Kier molecular flexibility index (Phi) is 6.62. The van der Waals surface area contributed by atoms with Crippen LogP contribution in [0.5, 0.6) is 0 Å². The zero-order valence-electron chi connectivity index (χ0n) is 14.6. The number of hydrogen-bond acceptors (Lipinski definition) is 3. The first-order valence-corrected chi connectivity index (χ1v) is 10.2. The van der Waals surface area contributed by atoms with Gasteiger partial charge in [0.2, 0.25) is 10.0 Å². The number of rotatable bonds is 7. The number of nitrogens with one attached hydrogen (secondary N) is 1. The molecule has 0 bridgehead atoms. The van der Waals surface area contributed by atoms with Gasteiger partial charge in [0, 0.05) is 19.6 Å². The summed E-state index contributed by atoms with van der Waals surface area (Å²) in [6, 6.07) is 7.67. The predicted molar refractivity (Wildman–Crippen MR) is 95.8 cm³/mol. The van der Waals surface area contributed by atoms with Crippen LogP contribution in [0.3, 0.4) is 0 Å². The van der Waals surface area contributed by atoms with Crippen molar-refractivity contribution in [2.24, 2.45) is 11.8 Å². The van der Waals surface area contributed by atoms with Gasteiger partial charge in [0.15, 0.2) is 0 Å². The van der Waals surface area contributed by atoms with Gasteiger partial charge in [0.1, 0.15) is 0 Å². The molecule has 4 nitrogen and oxygen atoms in total. The first kappa shape index (κ1) is 18.4. The van der Waals surface area contributed by atoms with Gasteiger partial charge in [-0.15, -0.1) is 0 Å². The maximum absolute atomic E-state index is 12.1. The van der Waals surface area contributed by atoms with Crippen molar-refractivity contribution < 1.29 is 8.42 Å². The van der Waals surface area contributed by atoms with E-state index in [1.807, 2.05) is 31.2 Å². The molecular weight excluding hydrogens is 308 g/mol. The van der Waals surface area contributed by atoms with E-state index in [1.54, 1.807) is 0 Å². The molecule has 0 amide bonds. The minimum Gasteiger partial charge on any atom is -0.303 e. The van der Waals surface area contributed by atoms with E-state index < -0.39 is 10.0 Å². The van der Waals surface area contributed by atoms with Gasteiger partial charge in [-0.25, -0.2) is 13.1 Å². The summed E-state index contributed by atoms with van der Waals surface area (Å²) in [7, 11) is -3.24. The van der Waals surface area contributed by atoms with E-state index in [0.717, 1.165) is 49.0 Å². The number of hydrogen-bond donors (Lipinski definition) is 1. The Labute approximate surface area is 141 Å². The molecule has 0 aromatic heterocycles. The third-order valence-electron chi connectivity index (χ3n) is 4.36. The number of benzene rings is 1. The molecule has 0 radical (unpaired) electrons. The molecule has 0 saturated carbocycles. The first-order valence-electron chi connectivity index (χ1n) is 8.59. The standard InChI is InChI=1S/C18H30N2O2S/c1-15-6-4-7-18(11-15)14-23(21,22)19-8-5-9-20-12-16(2)10-17(3)13-20/h4,6-7,11,16-17,19H,5,8-10,12-14H2,1-3H3/t16-,17-/m0/s1. The van der Waals surface area contributed by atoms with E-state index in [-0.39, 0.29) is 5.75 Å². The average Bonchev–Trinajstić information content (AvgIpc) is 2.42. The second kappa shape index (κ2) is 8.27. The summed E-state index contributed by atoms with van der Waals surface area (Å²) in [4.78, 5) is 2.47. The maximum atomic E-state index is 12.1. The van der Waals surface area contributed by atoms with Crippen molar-refractivity contribution in [2.75, 3.05) is 26.2 Å². The smallest absolute Gasteiger partial charge is 0.215 e. The van der Waals surface area contributed by atoms with Gasteiger partial charge in [0.25, 0.3) is 0 Å². The zero-order valence-corrected chi connectivity index (χ0v) is 15.4. The van der Waals surface area contributed by atoms with Gasteiger partial charge in [-0.2, -0.15) is 0 Å². The molecule has 0 aliphatic carbocycles. The first-order chi connectivity index (χ1) is 10.8. The Hall–Kier alpha value is -0.910. The van der Waals surface area contributed by atoms with Crippen molar-refractivity contribution in [3.63, 3.8) is 0 Å². The number of nitrogens with zero attached hydrogens (tertiary/aromatic N) is 1. The summed E-state index contributed by atoms with van der Waals surface area (Å²) < 4.78 is 27.0. The summed E-state index contributed by atoms with van der Waals surface area (Å²) in [5.74, 6) is 1.56. The van der Waals surface area contributed by atoms with Crippen molar-refractivity contribution in [3.05, 3.63) is 35.4 Å². The molecule has 0 spiro atoms. The summed E-state index contributed by atoms with van der Waals surface area (Å²) in [5, 5.41) is 0. The molecule has 1 saturated heterocycles. The van der Waals surface area contributed by atoms with Gasteiger partial charge in [0.05, 0.1) is 5.75 Å². The summed E-state index contributed by atoms with van der Waals surface area (Å²) >= 11 is 0. The van der Waals surface area contributed by atoms with E-state index in [1.165, 1.54) is 6.42 Å². The molecule has 1 fully saturated rings. The number of likely N-dealkylation sites (tertiary alicyclic amines) is 1.